The summed E-state index contributed by atoms with van der Waals surface area (Å²) in [6, 6.07) is 0. The molecule has 0 heterocycles. The average molecular weight is 425 g/mol. The summed E-state index contributed by atoms with van der Waals surface area (Å²) in [6.07, 6.45) is 1.12. The first-order valence-corrected chi connectivity index (χ1v) is 10.7. The molecule has 7 heteroatoms. The standard InChI is InChI=1S/C23H36O7/c1-8-25-18-17(14-13-15-30-23(24)16(6)7)19(26-9-2)21(28-11-4)22(29-12-5)20(18)27-10-3/h6,8-15H2,1-5,7H3. The Morgan fingerprint density at radius 2 is 1.07 bits per heavy atom. The lowest BCUT2D eigenvalue weighted by atomic mass is 10.0. The summed E-state index contributed by atoms with van der Waals surface area (Å²) in [5, 5.41) is 0. The second-order valence-corrected chi connectivity index (χ2v) is 6.31. The van der Waals surface area contributed by atoms with E-state index in [1.165, 1.54) is 0 Å². The molecule has 0 spiro atoms. The van der Waals surface area contributed by atoms with Gasteiger partial charge in [-0.3, -0.25) is 0 Å². The molecule has 1 rings (SSSR count). The molecule has 1 aromatic rings. The lowest BCUT2D eigenvalue weighted by Gasteiger charge is -2.25. The zero-order chi connectivity index (χ0) is 22.5. The number of benzene rings is 1. The Kier molecular flexibility index (Phi) is 11.6. The van der Waals surface area contributed by atoms with Crippen molar-refractivity contribution in [1.29, 1.82) is 0 Å². The van der Waals surface area contributed by atoms with Crippen LogP contribution in [-0.4, -0.2) is 45.6 Å². The van der Waals surface area contributed by atoms with Crippen molar-refractivity contribution in [2.45, 2.75) is 54.4 Å². The van der Waals surface area contributed by atoms with Crippen LogP contribution in [0.15, 0.2) is 12.2 Å². The molecule has 0 aliphatic carbocycles. The Morgan fingerprint density at radius 3 is 1.43 bits per heavy atom. The minimum Gasteiger partial charge on any atom is -0.489 e. The van der Waals surface area contributed by atoms with E-state index < -0.39 is 5.97 Å². The summed E-state index contributed by atoms with van der Waals surface area (Å²) in [4.78, 5) is 11.7. The van der Waals surface area contributed by atoms with Crippen LogP contribution in [0.4, 0.5) is 0 Å². The van der Waals surface area contributed by atoms with Gasteiger partial charge in [0, 0.05) is 11.1 Å². The molecule has 0 saturated carbocycles. The first-order valence-electron chi connectivity index (χ1n) is 10.7. The van der Waals surface area contributed by atoms with Crippen molar-refractivity contribution < 1.29 is 33.2 Å². The van der Waals surface area contributed by atoms with Crippen molar-refractivity contribution in [3.05, 3.63) is 17.7 Å². The van der Waals surface area contributed by atoms with Gasteiger partial charge in [0.05, 0.1) is 39.6 Å². The van der Waals surface area contributed by atoms with E-state index in [0.29, 0.717) is 80.2 Å². The van der Waals surface area contributed by atoms with E-state index >= 15 is 0 Å². The number of esters is 1. The molecule has 0 radical (unpaired) electrons. The highest BCUT2D eigenvalue weighted by Gasteiger charge is 2.29. The summed E-state index contributed by atoms with van der Waals surface area (Å²) in [6.45, 7) is 17.2. The van der Waals surface area contributed by atoms with Crippen LogP contribution in [0.5, 0.6) is 28.7 Å². The van der Waals surface area contributed by atoms with E-state index in [2.05, 4.69) is 6.58 Å². The number of hydrogen-bond acceptors (Lipinski definition) is 7. The van der Waals surface area contributed by atoms with Gasteiger partial charge in [-0.15, -0.1) is 0 Å². The van der Waals surface area contributed by atoms with E-state index in [-0.39, 0.29) is 6.61 Å². The fourth-order valence-electron chi connectivity index (χ4n) is 2.87. The van der Waals surface area contributed by atoms with Gasteiger partial charge in [-0.1, -0.05) is 6.58 Å². The highest BCUT2D eigenvalue weighted by Crippen LogP contribution is 2.54. The van der Waals surface area contributed by atoms with Crippen LogP contribution in [0.2, 0.25) is 0 Å². The van der Waals surface area contributed by atoms with Crippen molar-refractivity contribution in [1.82, 2.24) is 0 Å². The van der Waals surface area contributed by atoms with Crippen LogP contribution in [-0.2, 0) is 16.0 Å². The van der Waals surface area contributed by atoms with Gasteiger partial charge in [0.2, 0.25) is 17.2 Å². The van der Waals surface area contributed by atoms with Crippen LogP contribution in [0.3, 0.4) is 0 Å². The maximum Gasteiger partial charge on any atom is 0.333 e. The molecule has 30 heavy (non-hydrogen) atoms. The lowest BCUT2D eigenvalue weighted by Crippen LogP contribution is -2.12. The van der Waals surface area contributed by atoms with Gasteiger partial charge in [-0.2, -0.15) is 0 Å². The molecule has 0 aliphatic heterocycles. The first-order chi connectivity index (χ1) is 14.5. The molecule has 0 aromatic heterocycles. The van der Waals surface area contributed by atoms with Crippen molar-refractivity contribution in [3.63, 3.8) is 0 Å². The molecule has 0 unspecified atom stereocenters. The zero-order valence-electron chi connectivity index (χ0n) is 19.2. The minimum absolute atomic E-state index is 0.254. The highest BCUT2D eigenvalue weighted by molar-refractivity contribution is 5.86. The van der Waals surface area contributed by atoms with E-state index in [1.807, 2.05) is 34.6 Å². The van der Waals surface area contributed by atoms with E-state index in [1.54, 1.807) is 6.92 Å². The Morgan fingerprint density at radius 1 is 0.700 bits per heavy atom. The summed E-state index contributed by atoms with van der Waals surface area (Å²) in [5.74, 6) is 2.22. The van der Waals surface area contributed by atoms with Gasteiger partial charge in [0.25, 0.3) is 0 Å². The zero-order valence-corrected chi connectivity index (χ0v) is 19.2. The third-order valence-corrected chi connectivity index (χ3v) is 3.97. The molecule has 170 valence electrons. The highest BCUT2D eigenvalue weighted by atomic mass is 16.6. The molecule has 0 atom stereocenters. The molecule has 0 amide bonds. The maximum absolute atomic E-state index is 11.7. The largest absolute Gasteiger partial charge is 0.489 e. The summed E-state index contributed by atoms with van der Waals surface area (Å²) in [5.41, 5.74) is 1.18. The summed E-state index contributed by atoms with van der Waals surface area (Å²) >= 11 is 0. The monoisotopic (exact) mass is 424 g/mol. The number of carbonyl (C=O) groups excluding carboxylic acids is 1. The van der Waals surface area contributed by atoms with Gasteiger partial charge in [-0.05, 0) is 54.4 Å². The molecule has 0 fully saturated rings. The maximum atomic E-state index is 11.7. The van der Waals surface area contributed by atoms with Gasteiger partial charge >= 0.3 is 5.97 Å². The smallest absolute Gasteiger partial charge is 0.333 e. The molecular formula is C23H36O7. The average Bonchev–Trinajstić information content (AvgIpc) is 2.71. The normalized spacial score (nSPS) is 10.3. The molecule has 0 aliphatic rings. The van der Waals surface area contributed by atoms with Crippen molar-refractivity contribution in [2.75, 3.05) is 39.6 Å². The number of ether oxygens (including phenoxy) is 6. The van der Waals surface area contributed by atoms with Gasteiger partial charge < -0.3 is 28.4 Å². The molecule has 1 aromatic carbocycles. The molecule has 0 saturated heterocycles. The molecular weight excluding hydrogens is 388 g/mol. The van der Waals surface area contributed by atoms with Crippen LogP contribution in [0, 0.1) is 0 Å². The fraction of sp³-hybridized carbons (Fsp3) is 0.609. The third kappa shape index (κ3) is 6.75. The summed E-state index contributed by atoms with van der Waals surface area (Å²) in [7, 11) is 0. The molecule has 0 bridgehead atoms. The van der Waals surface area contributed by atoms with Gasteiger partial charge in [-0.25, -0.2) is 4.79 Å². The molecule has 7 nitrogen and oxygen atoms in total. The second kappa shape index (κ2) is 13.6. The minimum atomic E-state index is -0.401. The number of rotatable bonds is 15. The first kappa shape index (κ1) is 25.5. The Hall–Kier alpha value is -2.57. The predicted molar refractivity (Wildman–Crippen MR) is 116 cm³/mol. The van der Waals surface area contributed by atoms with E-state index in [9.17, 15) is 4.79 Å². The quantitative estimate of drug-likeness (QED) is 0.229. The van der Waals surface area contributed by atoms with Crippen molar-refractivity contribution >= 4 is 5.97 Å². The van der Waals surface area contributed by atoms with Gasteiger partial charge in [0.1, 0.15) is 0 Å². The van der Waals surface area contributed by atoms with Crippen molar-refractivity contribution in [2.24, 2.45) is 0 Å². The Bertz CT molecular complexity index is 660. The van der Waals surface area contributed by atoms with E-state index in [0.717, 1.165) is 5.56 Å². The van der Waals surface area contributed by atoms with Crippen LogP contribution in [0.25, 0.3) is 0 Å². The van der Waals surface area contributed by atoms with Crippen LogP contribution >= 0.6 is 0 Å². The lowest BCUT2D eigenvalue weighted by molar-refractivity contribution is -0.139. The van der Waals surface area contributed by atoms with Crippen molar-refractivity contribution in [3.8, 4) is 28.7 Å². The fourth-order valence-corrected chi connectivity index (χ4v) is 2.87. The molecule has 0 N–H and O–H groups in total. The third-order valence-electron chi connectivity index (χ3n) is 3.97. The SMILES string of the molecule is C=C(C)C(=O)OCCCc1c(OCC)c(OCC)c(OCC)c(OCC)c1OCC. The van der Waals surface area contributed by atoms with Crippen LogP contribution < -0.4 is 23.7 Å². The Balaban J connectivity index is 3.47. The van der Waals surface area contributed by atoms with Crippen LogP contribution in [0.1, 0.15) is 53.5 Å². The number of carbonyl (C=O) groups is 1. The topological polar surface area (TPSA) is 72.5 Å². The Labute approximate surface area is 180 Å². The van der Waals surface area contributed by atoms with E-state index in [4.69, 9.17) is 28.4 Å². The second-order valence-electron chi connectivity index (χ2n) is 6.31. The number of hydrogen-bond donors (Lipinski definition) is 0. The predicted octanol–water partition coefficient (Wildman–Crippen LogP) is 4.73. The van der Waals surface area contributed by atoms with Gasteiger partial charge in [0.15, 0.2) is 11.5 Å². The summed E-state index contributed by atoms with van der Waals surface area (Å²) < 4.78 is 35.0.